The van der Waals surface area contributed by atoms with E-state index >= 15 is 0 Å². The summed E-state index contributed by atoms with van der Waals surface area (Å²) in [5.74, 6) is 0. The number of pyridine rings is 1. The van der Waals surface area contributed by atoms with Crippen molar-refractivity contribution in [1.29, 1.82) is 0 Å². The molecule has 0 aliphatic rings. The lowest BCUT2D eigenvalue weighted by Crippen LogP contribution is -2.37. The van der Waals surface area contributed by atoms with Crippen molar-refractivity contribution in [3.63, 3.8) is 0 Å². The van der Waals surface area contributed by atoms with E-state index in [-0.39, 0.29) is 9.78 Å². The molecule has 0 bridgehead atoms. The highest BCUT2D eigenvalue weighted by atomic mass is 79.9. The fourth-order valence-corrected chi connectivity index (χ4v) is 2.68. The van der Waals surface area contributed by atoms with Gasteiger partial charge in [0, 0.05) is 12.1 Å². The van der Waals surface area contributed by atoms with E-state index in [1.54, 1.807) is 0 Å². The minimum absolute atomic E-state index is 0.205. The summed E-state index contributed by atoms with van der Waals surface area (Å²) >= 11 is 7.42. The molecule has 82 valence electrons. The van der Waals surface area contributed by atoms with Gasteiger partial charge in [-0.1, -0.05) is 52.3 Å². The Morgan fingerprint density at radius 2 is 1.38 bits per heavy atom. The van der Waals surface area contributed by atoms with Gasteiger partial charge in [-0.25, -0.2) is 0 Å². The Morgan fingerprint density at radius 3 is 2.00 bits per heavy atom. The first-order chi connectivity index (χ1) is 7.79. The maximum absolute atomic E-state index is 3.72. The predicted molar refractivity (Wildman–Crippen MR) is 72.7 cm³/mol. The summed E-state index contributed by atoms with van der Waals surface area (Å²) in [5, 5.41) is 0. The van der Waals surface area contributed by atoms with Gasteiger partial charge in [-0.2, -0.15) is 4.57 Å². The summed E-state index contributed by atoms with van der Waals surface area (Å²) in [4.78, 5) is 0.456. The average Bonchev–Trinajstić information content (AvgIpc) is 2.39. The molecule has 3 heteroatoms. The molecule has 2 rings (SSSR count). The summed E-state index contributed by atoms with van der Waals surface area (Å²) in [5.41, 5.74) is 1.26. The summed E-state index contributed by atoms with van der Waals surface area (Å²) < 4.78 is 2.13. The number of benzene rings is 1. The molecule has 0 amide bonds. The van der Waals surface area contributed by atoms with Crippen molar-refractivity contribution in [2.45, 2.75) is 9.78 Å². The van der Waals surface area contributed by atoms with Crippen molar-refractivity contribution in [2.24, 2.45) is 0 Å². The molecule has 16 heavy (non-hydrogen) atoms. The number of rotatable bonds is 3. The number of nitrogens with zero attached hydrogens (tertiary/aromatic N) is 1. The van der Waals surface area contributed by atoms with Crippen LogP contribution >= 0.6 is 31.9 Å². The largest absolute Gasteiger partial charge is 0.228 e. The summed E-state index contributed by atoms with van der Waals surface area (Å²) in [6.45, 7) is 0. The van der Waals surface area contributed by atoms with Crippen LogP contribution in [-0.4, -0.2) is 0 Å². The highest BCUT2D eigenvalue weighted by Gasteiger charge is 2.24. The van der Waals surface area contributed by atoms with Crippen molar-refractivity contribution >= 4 is 31.9 Å². The van der Waals surface area contributed by atoms with Crippen molar-refractivity contribution in [3.8, 4) is 0 Å². The quantitative estimate of drug-likeness (QED) is 0.586. The van der Waals surface area contributed by atoms with E-state index < -0.39 is 0 Å². The molecule has 0 saturated carbocycles. The van der Waals surface area contributed by atoms with Gasteiger partial charge >= 0.3 is 0 Å². The molecule has 1 aromatic heterocycles. The molecule has 2 aromatic rings. The van der Waals surface area contributed by atoms with E-state index in [0.29, 0.717) is 0 Å². The third-order valence-electron chi connectivity index (χ3n) is 2.38. The number of hydrogen-bond acceptors (Lipinski definition) is 0. The van der Waals surface area contributed by atoms with Gasteiger partial charge in [0.1, 0.15) is 4.83 Å². The minimum atomic E-state index is 0.205. The predicted octanol–water partition coefficient (Wildman–Crippen LogP) is 4.00. The first-order valence-corrected chi connectivity index (χ1v) is 6.91. The van der Waals surface area contributed by atoms with Gasteiger partial charge in [0.15, 0.2) is 12.4 Å². The van der Waals surface area contributed by atoms with Crippen LogP contribution in [0.4, 0.5) is 0 Å². The van der Waals surface area contributed by atoms with Crippen LogP contribution in [0.3, 0.4) is 0 Å². The van der Waals surface area contributed by atoms with Gasteiger partial charge in [0.05, 0.1) is 0 Å². The van der Waals surface area contributed by atoms with Gasteiger partial charge in [0.2, 0.25) is 4.95 Å². The second-order valence-electron chi connectivity index (χ2n) is 3.51. The maximum atomic E-state index is 3.72. The topological polar surface area (TPSA) is 3.88 Å². The van der Waals surface area contributed by atoms with Gasteiger partial charge < -0.3 is 0 Å². The third-order valence-corrected chi connectivity index (χ3v) is 5.12. The normalized spacial score (nSPS) is 14.4. The molecule has 1 heterocycles. The molecule has 1 nitrogen and oxygen atoms in total. The van der Waals surface area contributed by atoms with Gasteiger partial charge in [-0.15, -0.1) is 0 Å². The van der Waals surface area contributed by atoms with E-state index in [4.69, 9.17) is 0 Å². The molecule has 0 spiro atoms. The summed E-state index contributed by atoms with van der Waals surface area (Å²) in [6, 6.07) is 16.5. The van der Waals surface area contributed by atoms with Crippen molar-refractivity contribution in [1.82, 2.24) is 0 Å². The molecular weight excluding hydrogens is 330 g/mol. The second kappa shape index (κ2) is 5.60. The highest BCUT2D eigenvalue weighted by molar-refractivity contribution is 9.11. The van der Waals surface area contributed by atoms with Crippen LogP contribution in [0.25, 0.3) is 0 Å². The zero-order valence-corrected chi connectivity index (χ0v) is 11.8. The van der Waals surface area contributed by atoms with Crippen molar-refractivity contribution < 1.29 is 4.57 Å². The average molecular weight is 342 g/mol. The molecule has 0 saturated heterocycles. The van der Waals surface area contributed by atoms with Crippen LogP contribution in [0.15, 0.2) is 60.9 Å². The first-order valence-electron chi connectivity index (χ1n) is 5.08. The second-order valence-corrected chi connectivity index (χ2v) is 5.43. The molecule has 0 fully saturated rings. The SMILES string of the molecule is Br[C@H](c1ccccc1)[C@H](Br)[n+]1ccccc1. The molecule has 2 atom stereocenters. The van der Waals surface area contributed by atoms with Crippen LogP contribution < -0.4 is 4.57 Å². The standard InChI is InChI=1S/C13H12Br2N/c14-12(11-7-3-1-4-8-11)13(15)16-9-5-2-6-10-16/h1-10,12-13H/q+1/t12-,13-/m1/s1. The van der Waals surface area contributed by atoms with E-state index in [9.17, 15) is 0 Å². The third kappa shape index (κ3) is 2.71. The lowest BCUT2D eigenvalue weighted by atomic mass is 10.1. The molecule has 0 N–H and O–H groups in total. The molecule has 0 unspecified atom stereocenters. The summed E-state index contributed by atoms with van der Waals surface area (Å²) in [6.07, 6.45) is 4.10. The molecule has 0 aliphatic carbocycles. The lowest BCUT2D eigenvalue weighted by Gasteiger charge is -2.12. The van der Waals surface area contributed by atoms with Gasteiger partial charge in [0.25, 0.3) is 0 Å². The van der Waals surface area contributed by atoms with Crippen molar-refractivity contribution in [3.05, 3.63) is 66.5 Å². The summed E-state index contributed by atoms with van der Waals surface area (Å²) in [7, 11) is 0. The molecular formula is C13H12Br2N+. The Morgan fingerprint density at radius 1 is 0.812 bits per heavy atom. The number of halogens is 2. The number of alkyl halides is 2. The fraction of sp³-hybridized carbons (Fsp3) is 0.154. The maximum Gasteiger partial charge on any atom is 0.228 e. The Bertz CT molecular complexity index is 387. The zero-order chi connectivity index (χ0) is 11.4. The minimum Gasteiger partial charge on any atom is -0.191 e. The lowest BCUT2D eigenvalue weighted by molar-refractivity contribution is -0.697. The fourth-order valence-electron chi connectivity index (χ4n) is 1.52. The van der Waals surface area contributed by atoms with Crippen LogP contribution in [0, 0.1) is 0 Å². The van der Waals surface area contributed by atoms with Gasteiger partial charge in [-0.05, 0) is 21.5 Å². The molecule has 0 aliphatic heterocycles. The Balaban J connectivity index is 2.20. The van der Waals surface area contributed by atoms with Crippen LogP contribution in [0.2, 0.25) is 0 Å². The molecule has 1 aromatic carbocycles. The monoisotopic (exact) mass is 340 g/mol. The highest BCUT2D eigenvalue weighted by Crippen LogP contribution is 2.34. The van der Waals surface area contributed by atoms with E-state index in [2.05, 4.69) is 73.1 Å². The number of hydrogen-bond donors (Lipinski definition) is 0. The molecule has 0 radical (unpaired) electrons. The Labute approximate surface area is 112 Å². The van der Waals surface area contributed by atoms with Crippen molar-refractivity contribution in [2.75, 3.05) is 0 Å². The van der Waals surface area contributed by atoms with Gasteiger partial charge in [-0.3, -0.25) is 0 Å². The van der Waals surface area contributed by atoms with E-state index in [0.717, 1.165) is 0 Å². The zero-order valence-electron chi connectivity index (χ0n) is 8.63. The first kappa shape index (κ1) is 11.8. The Kier molecular flexibility index (Phi) is 4.13. The smallest absolute Gasteiger partial charge is 0.191 e. The Hall–Kier alpha value is -0.670. The van der Waals surface area contributed by atoms with Crippen LogP contribution in [0.1, 0.15) is 15.3 Å². The van der Waals surface area contributed by atoms with E-state index in [1.165, 1.54) is 5.56 Å². The number of aromatic nitrogens is 1. The van der Waals surface area contributed by atoms with E-state index in [1.807, 2.05) is 24.3 Å². The van der Waals surface area contributed by atoms with Crippen LogP contribution in [0.5, 0.6) is 0 Å². The van der Waals surface area contributed by atoms with Crippen LogP contribution in [-0.2, 0) is 0 Å².